The van der Waals surface area contributed by atoms with Crippen molar-refractivity contribution in [3.8, 4) is 0 Å². The Kier molecular flexibility index (Phi) is 4.92. The van der Waals surface area contributed by atoms with Gasteiger partial charge in [-0.3, -0.25) is 0 Å². The highest BCUT2D eigenvalue weighted by atomic mass is 16.5. The van der Waals surface area contributed by atoms with Gasteiger partial charge >= 0.3 is 0 Å². The lowest BCUT2D eigenvalue weighted by Crippen LogP contribution is -2.62. The van der Waals surface area contributed by atoms with Crippen LogP contribution in [0.4, 0.5) is 0 Å². The molecule has 0 unspecified atom stereocenters. The molecule has 6 aliphatic rings. The molecule has 0 radical (unpaired) electrons. The number of hydrogen-bond donors (Lipinski definition) is 4. The third kappa shape index (κ3) is 2.78. The lowest BCUT2D eigenvalue weighted by molar-refractivity contribution is -0.213. The monoisotopic (exact) mass is 490 g/mol. The maximum absolute atomic E-state index is 11.7. The maximum atomic E-state index is 11.7. The van der Waals surface area contributed by atoms with Gasteiger partial charge in [0.2, 0.25) is 0 Å². The summed E-state index contributed by atoms with van der Waals surface area (Å²) >= 11 is 0. The molecule has 6 fully saturated rings. The third-order valence-electron chi connectivity index (χ3n) is 13.8. The van der Waals surface area contributed by atoms with Gasteiger partial charge in [-0.15, -0.1) is 0 Å². The summed E-state index contributed by atoms with van der Waals surface area (Å²) in [6.07, 6.45) is 7.18. The second kappa shape index (κ2) is 6.86. The average Bonchev–Trinajstić information content (AvgIpc) is 3.08. The van der Waals surface area contributed by atoms with Crippen LogP contribution in [-0.2, 0) is 4.74 Å². The molecule has 5 saturated carbocycles. The van der Waals surface area contributed by atoms with Gasteiger partial charge in [-0.2, -0.15) is 0 Å². The van der Waals surface area contributed by atoms with Crippen molar-refractivity contribution < 1.29 is 25.2 Å². The van der Waals surface area contributed by atoms with Crippen LogP contribution in [0.25, 0.3) is 0 Å². The Morgan fingerprint density at radius 3 is 2.09 bits per heavy atom. The van der Waals surface area contributed by atoms with Crippen molar-refractivity contribution in [1.82, 2.24) is 0 Å². The van der Waals surface area contributed by atoms with Crippen molar-refractivity contribution in [2.24, 2.45) is 44.8 Å². The number of aliphatic hydroxyl groups excluding tert-OH is 3. The number of aliphatic hydroxyl groups is 4. The van der Waals surface area contributed by atoms with E-state index in [2.05, 4.69) is 34.6 Å². The number of fused-ring (bicyclic) bond motifs is 2. The maximum Gasteiger partial charge on any atom is 0.0865 e. The standard InChI is InChI=1S/C30H50O5/c1-24(2)20(33)8-11-30-16-29(30)13-12-26(5)23(28(7)10-9-21(35-28)25(3,4)34)18(32)15-27(26,6)19(29)14-17(31)22(24)30/h17-23,31-34H,8-16H2,1-7H3/t17-,18-,19-,20+,21+,22-,23-,26+,27-,28-,29+,30+/m0/s1. The van der Waals surface area contributed by atoms with Gasteiger partial charge in [0.1, 0.15) is 0 Å². The van der Waals surface area contributed by atoms with Gasteiger partial charge in [0, 0.05) is 5.92 Å². The molecular weight excluding hydrogens is 440 g/mol. The van der Waals surface area contributed by atoms with E-state index in [0.717, 1.165) is 51.4 Å². The smallest absolute Gasteiger partial charge is 0.0865 e. The summed E-state index contributed by atoms with van der Waals surface area (Å²) in [5.74, 6) is 0.577. The molecule has 2 spiro atoms. The highest BCUT2D eigenvalue weighted by molar-refractivity contribution is 5.33. The van der Waals surface area contributed by atoms with Crippen LogP contribution in [0.1, 0.15) is 106 Å². The van der Waals surface area contributed by atoms with Crippen LogP contribution < -0.4 is 0 Å². The number of rotatable bonds is 2. The summed E-state index contributed by atoms with van der Waals surface area (Å²) in [5.41, 5.74) is -1.35. The first-order valence-electron chi connectivity index (χ1n) is 14.4. The molecule has 1 aliphatic heterocycles. The molecule has 35 heavy (non-hydrogen) atoms. The Bertz CT molecular complexity index is 911. The van der Waals surface area contributed by atoms with E-state index in [4.69, 9.17) is 4.74 Å². The third-order valence-corrected chi connectivity index (χ3v) is 13.8. The molecule has 0 aromatic rings. The van der Waals surface area contributed by atoms with Crippen LogP contribution in [-0.4, -0.2) is 56.0 Å². The van der Waals surface area contributed by atoms with E-state index in [0.29, 0.717) is 5.92 Å². The normalized spacial score (nSPS) is 60.9. The molecule has 5 heteroatoms. The van der Waals surface area contributed by atoms with Crippen LogP contribution in [0.5, 0.6) is 0 Å². The van der Waals surface area contributed by atoms with Crippen molar-refractivity contribution in [2.45, 2.75) is 142 Å². The van der Waals surface area contributed by atoms with E-state index in [-0.39, 0.29) is 51.1 Å². The molecule has 1 saturated heterocycles. The summed E-state index contributed by atoms with van der Waals surface area (Å²) in [7, 11) is 0. The van der Waals surface area contributed by atoms with Crippen molar-refractivity contribution in [2.75, 3.05) is 0 Å². The van der Waals surface area contributed by atoms with Crippen LogP contribution in [0.15, 0.2) is 0 Å². The number of hydrogen-bond acceptors (Lipinski definition) is 5. The minimum Gasteiger partial charge on any atom is -0.393 e. The van der Waals surface area contributed by atoms with Crippen LogP contribution in [0.2, 0.25) is 0 Å². The molecule has 5 nitrogen and oxygen atoms in total. The van der Waals surface area contributed by atoms with Crippen molar-refractivity contribution in [3.05, 3.63) is 0 Å². The van der Waals surface area contributed by atoms with Gasteiger partial charge in [-0.25, -0.2) is 0 Å². The largest absolute Gasteiger partial charge is 0.393 e. The van der Waals surface area contributed by atoms with E-state index >= 15 is 0 Å². The molecule has 4 N–H and O–H groups in total. The first-order chi connectivity index (χ1) is 16.0. The zero-order chi connectivity index (χ0) is 25.6. The summed E-state index contributed by atoms with van der Waals surface area (Å²) < 4.78 is 6.66. The molecule has 0 aromatic carbocycles. The fraction of sp³-hybridized carbons (Fsp3) is 1.00. The van der Waals surface area contributed by atoms with E-state index in [1.807, 2.05) is 13.8 Å². The van der Waals surface area contributed by atoms with E-state index < -0.39 is 23.4 Å². The Morgan fingerprint density at radius 2 is 1.46 bits per heavy atom. The predicted molar refractivity (Wildman–Crippen MR) is 134 cm³/mol. The van der Waals surface area contributed by atoms with Gasteiger partial charge in [0.25, 0.3) is 0 Å². The Labute approximate surface area is 212 Å². The Hall–Kier alpha value is -0.200. The highest BCUT2D eigenvalue weighted by Crippen LogP contribution is 2.89. The topological polar surface area (TPSA) is 90.2 Å². The van der Waals surface area contributed by atoms with Gasteiger partial charge < -0.3 is 25.2 Å². The van der Waals surface area contributed by atoms with E-state index in [1.165, 1.54) is 6.42 Å². The van der Waals surface area contributed by atoms with Crippen LogP contribution in [0.3, 0.4) is 0 Å². The van der Waals surface area contributed by atoms with Crippen molar-refractivity contribution in [3.63, 3.8) is 0 Å². The fourth-order valence-corrected chi connectivity index (χ4v) is 12.1. The van der Waals surface area contributed by atoms with Crippen molar-refractivity contribution >= 4 is 0 Å². The van der Waals surface area contributed by atoms with Crippen LogP contribution >= 0.6 is 0 Å². The van der Waals surface area contributed by atoms with Crippen molar-refractivity contribution in [1.29, 1.82) is 0 Å². The molecule has 12 atom stereocenters. The minimum absolute atomic E-state index is 0.0267. The zero-order valence-electron chi connectivity index (χ0n) is 23.1. The van der Waals surface area contributed by atoms with E-state index in [9.17, 15) is 20.4 Å². The molecule has 5 aliphatic carbocycles. The average molecular weight is 491 g/mol. The van der Waals surface area contributed by atoms with Gasteiger partial charge in [-0.05, 0) is 117 Å². The second-order valence-corrected chi connectivity index (χ2v) is 15.9. The molecule has 6 rings (SSSR count). The van der Waals surface area contributed by atoms with E-state index in [1.54, 1.807) is 0 Å². The van der Waals surface area contributed by atoms with Gasteiger partial charge in [0.05, 0.1) is 35.6 Å². The molecule has 0 bridgehead atoms. The first-order valence-corrected chi connectivity index (χ1v) is 14.4. The summed E-state index contributed by atoms with van der Waals surface area (Å²) in [6, 6.07) is 0. The summed E-state index contributed by atoms with van der Waals surface area (Å²) in [5, 5.41) is 45.0. The number of ether oxygens (including phenoxy) is 1. The summed E-state index contributed by atoms with van der Waals surface area (Å²) in [4.78, 5) is 0. The predicted octanol–water partition coefficient (Wildman–Crippen LogP) is 4.44. The lowest BCUT2D eigenvalue weighted by atomic mass is 9.41. The Balaban J connectivity index is 1.37. The quantitative estimate of drug-likeness (QED) is 0.460. The zero-order valence-corrected chi connectivity index (χ0v) is 23.1. The van der Waals surface area contributed by atoms with Gasteiger partial charge in [-0.1, -0.05) is 27.7 Å². The highest BCUT2D eigenvalue weighted by Gasteiger charge is 2.84. The lowest BCUT2D eigenvalue weighted by Gasteiger charge is -2.64. The molecular formula is C30H50O5. The minimum atomic E-state index is -0.886. The Morgan fingerprint density at radius 1 is 0.771 bits per heavy atom. The molecule has 200 valence electrons. The first kappa shape index (κ1) is 25.1. The summed E-state index contributed by atoms with van der Waals surface area (Å²) in [6.45, 7) is 15.0. The van der Waals surface area contributed by atoms with Crippen LogP contribution in [0, 0.1) is 44.8 Å². The molecule has 1 heterocycles. The fourth-order valence-electron chi connectivity index (χ4n) is 12.1. The SMILES string of the molecule is CC(C)(O)[C@H]1CC[C@@](C)([C@H]2[C@@H](O)C[C@@]3(C)[C@@H]4C[C@H](O)[C@H]5C(C)(C)[C@H](O)CC[C@@]56C[C@]46CC[C@]23C)O1. The van der Waals surface area contributed by atoms with Gasteiger partial charge in [0.15, 0.2) is 0 Å². The second-order valence-electron chi connectivity index (χ2n) is 15.9. The molecule has 0 aromatic heterocycles. The molecule has 0 amide bonds.